The van der Waals surface area contributed by atoms with Gasteiger partial charge in [-0.05, 0) is 30.0 Å². The number of amides is 1. The van der Waals surface area contributed by atoms with Crippen LogP contribution in [0.25, 0.3) is 10.8 Å². The lowest BCUT2D eigenvalue weighted by molar-refractivity contribution is -0.125. The van der Waals surface area contributed by atoms with E-state index in [2.05, 4.69) is 4.98 Å². The van der Waals surface area contributed by atoms with E-state index in [-0.39, 0.29) is 0 Å². The van der Waals surface area contributed by atoms with E-state index in [4.69, 9.17) is 10.5 Å². The number of carbonyl (C=O) groups excluding carboxylic acids is 1. The molecule has 1 amide bonds. The molecule has 0 saturated carbocycles. The zero-order chi connectivity index (χ0) is 13.0. The largest absolute Gasteiger partial charge is 0.481 e. The topological polar surface area (TPSA) is 65.2 Å². The maximum absolute atomic E-state index is 11.2. The first kappa shape index (κ1) is 12.4. The van der Waals surface area contributed by atoms with Crippen LogP contribution in [0.2, 0.25) is 0 Å². The van der Waals surface area contributed by atoms with Crippen molar-refractivity contribution in [2.24, 2.45) is 5.73 Å². The summed E-state index contributed by atoms with van der Waals surface area (Å²) in [6.07, 6.45) is 4.42. The molecule has 4 heteroatoms. The summed E-state index contributed by atoms with van der Waals surface area (Å²) in [7, 11) is 0. The van der Waals surface area contributed by atoms with E-state index in [9.17, 15) is 4.79 Å². The van der Waals surface area contributed by atoms with Crippen LogP contribution >= 0.6 is 0 Å². The van der Waals surface area contributed by atoms with Gasteiger partial charge >= 0.3 is 0 Å². The quantitative estimate of drug-likeness (QED) is 0.877. The molecule has 0 radical (unpaired) electrons. The standard InChI is InChI=1S/C14H16N2O2/c1-2-3-13(14(15)17)18-12-5-4-10-6-7-16-9-11(10)8-12/h4-9,13H,2-3H2,1H3,(H2,15,17). The van der Waals surface area contributed by atoms with Gasteiger partial charge in [0, 0.05) is 17.8 Å². The van der Waals surface area contributed by atoms with Crippen LogP contribution in [0, 0.1) is 0 Å². The number of carbonyl (C=O) groups is 1. The highest BCUT2D eigenvalue weighted by atomic mass is 16.5. The van der Waals surface area contributed by atoms with Crippen molar-refractivity contribution < 1.29 is 9.53 Å². The van der Waals surface area contributed by atoms with Crippen molar-refractivity contribution in [1.82, 2.24) is 4.98 Å². The van der Waals surface area contributed by atoms with E-state index in [0.717, 1.165) is 17.2 Å². The molecule has 2 N–H and O–H groups in total. The van der Waals surface area contributed by atoms with Gasteiger partial charge in [0.05, 0.1) is 0 Å². The van der Waals surface area contributed by atoms with Crippen LogP contribution in [-0.4, -0.2) is 17.0 Å². The van der Waals surface area contributed by atoms with Gasteiger partial charge < -0.3 is 10.5 Å². The Morgan fingerprint density at radius 3 is 2.94 bits per heavy atom. The Balaban J connectivity index is 2.22. The van der Waals surface area contributed by atoms with Crippen molar-refractivity contribution in [1.29, 1.82) is 0 Å². The molecule has 0 aliphatic heterocycles. The molecule has 1 aromatic carbocycles. The summed E-state index contributed by atoms with van der Waals surface area (Å²) >= 11 is 0. The van der Waals surface area contributed by atoms with Crippen LogP contribution in [0.3, 0.4) is 0 Å². The first-order valence-corrected chi connectivity index (χ1v) is 6.00. The van der Waals surface area contributed by atoms with E-state index in [1.807, 2.05) is 31.2 Å². The Labute approximate surface area is 106 Å². The molecule has 0 bridgehead atoms. The van der Waals surface area contributed by atoms with Crippen molar-refractivity contribution in [3.63, 3.8) is 0 Å². The number of nitrogens with two attached hydrogens (primary N) is 1. The summed E-state index contributed by atoms with van der Waals surface area (Å²) in [6, 6.07) is 7.58. The minimum Gasteiger partial charge on any atom is -0.481 e. The zero-order valence-corrected chi connectivity index (χ0v) is 10.3. The van der Waals surface area contributed by atoms with Crippen LogP contribution in [0.15, 0.2) is 36.7 Å². The smallest absolute Gasteiger partial charge is 0.258 e. The molecule has 0 fully saturated rings. The summed E-state index contributed by atoms with van der Waals surface area (Å²) in [6.45, 7) is 1.99. The third kappa shape index (κ3) is 2.77. The van der Waals surface area contributed by atoms with E-state index < -0.39 is 12.0 Å². The number of rotatable bonds is 5. The summed E-state index contributed by atoms with van der Waals surface area (Å²) in [4.78, 5) is 15.3. The average molecular weight is 244 g/mol. The molecule has 4 nitrogen and oxygen atoms in total. The summed E-state index contributed by atoms with van der Waals surface area (Å²) in [5, 5.41) is 2.07. The van der Waals surface area contributed by atoms with Gasteiger partial charge in [0.15, 0.2) is 6.10 Å². The van der Waals surface area contributed by atoms with Crippen molar-refractivity contribution in [3.8, 4) is 5.75 Å². The first-order chi connectivity index (χ1) is 8.70. The third-order valence-electron chi connectivity index (χ3n) is 2.76. The molecule has 0 aliphatic carbocycles. The minimum atomic E-state index is -0.566. The predicted octanol–water partition coefficient (Wildman–Crippen LogP) is 2.27. The van der Waals surface area contributed by atoms with E-state index >= 15 is 0 Å². The Morgan fingerprint density at radius 1 is 1.39 bits per heavy atom. The first-order valence-electron chi connectivity index (χ1n) is 6.00. The molecular weight excluding hydrogens is 228 g/mol. The lowest BCUT2D eigenvalue weighted by Gasteiger charge is -2.15. The fraction of sp³-hybridized carbons (Fsp3) is 0.286. The molecule has 0 spiro atoms. The van der Waals surface area contributed by atoms with Gasteiger partial charge in [-0.25, -0.2) is 0 Å². The third-order valence-corrected chi connectivity index (χ3v) is 2.76. The lowest BCUT2D eigenvalue weighted by atomic mass is 10.1. The Bertz CT molecular complexity index is 554. The van der Waals surface area contributed by atoms with Crippen molar-refractivity contribution in [2.45, 2.75) is 25.9 Å². The fourth-order valence-electron chi connectivity index (χ4n) is 1.82. The number of aromatic nitrogens is 1. The second-order valence-corrected chi connectivity index (χ2v) is 4.18. The highest BCUT2D eigenvalue weighted by Gasteiger charge is 2.15. The molecule has 0 saturated heterocycles. The van der Waals surface area contributed by atoms with Crippen molar-refractivity contribution in [2.75, 3.05) is 0 Å². The molecule has 2 rings (SSSR count). The average Bonchev–Trinajstić information content (AvgIpc) is 2.38. The summed E-state index contributed by atoms with van der Waals surface area (Å²) in [5.41, 5.74) is 5.31. The van der Waals surface area contributed by atoms with Crippen molar-refractivity contribution >= 4 is 16.7 Å². The van der Waals surface area contributed by atoms with E-state index in [1.165, 1.54) is 0 Å². The number of hydrogen-bond acceptors (Lipinski definition) is 3. The molecule has 1 heterocycles. The summed E-state index contributed by atoms with van der Waals surface area (Å²) in [5.74, 6) is 0.218. The van der Waals surface area contributed by atoms with Crippen LogP contribution in [0.1, 0.15) is 19.8 Å². The fourth-order valence-corrected chi connectivity index (χ4v) is 1.82. The molecule has 1 unspecified atom stereocenters. The number of fused-ring (bicyclic) bond motifs is 1. The second kappa shape index (κ2) is 5.49. The maximum atomic E-state index is 11.2. The number of pyridine rings is 1. The van der Waals surface area contributed by atoms with Crippen LogP contribution in [0.4, 0.5) is 0 Å². The molecule has 2 aromatic rings. The van der Waals surface area contributed by atoms with Gasteiger partial charge in [0.1, 0.15) is 5.75 Å². The van der Waals surface area contributed by atoms with E-state index in [1.54, 1.807) is 12.4 Å². The molecule has 0 aliphatic rings. The van der Waals surface area contributed by atoms with Gasteiger partial charge in [-0.1, -0.05) is 19.4 Å². The minimum absolute atomic E-state index is 0.428. The number of hydrogen-bond donors (Lipinski definition) is 1. The predicted molar refractivity (Wildman–Crippen MR) is 70.3 cm³/mol. The number of ether oxygens (including phenoxy) is 1. The van der Waals surface area contributed by atoms with Gasteiger partial charge in [-0.2, -0.15) is 0 Å². The maximum Gasteiger partial charge on any atom is 0.258 e. The van der Waals surface area contributed by atoms with Gasteiger partial charge in [0.2, 0.25) is 0 Å². The van der Waals surface area contributed by atoms with E-state index in [0.29, 0.717) is 12.2 Å². The van der Waals surface area contributed by atoms with Crippen LogP contribution in [-0.2, 0) is 4.79 Å². The lowest BCUT2D eigenvalue weighted by Crippen LogP contribution is -2.33. The normalized spacial score (nSPS) is 12.3. The number of nitrogens with zero attached hydrogens (tertiary/aromatic N) is 1. The number of primary amides is 1. The number of benzene rings is 1. The zero-order valence-electron chi connectivity index (χ0n) is 10.3. The van der Waals surface area contributed by atoms with Crippen LogP contribution < -0.4 is 10.5 Å². The Kier molecular flexibility index (Phi) is 3.77. The highest BCUT2D eigenvalue weighted by molar-refractivity contribution is 5.83. The van der Waals surface area contributed by atoms with Crippen molar-refractivity contribution in [3.05, 3.63) is 36.7 Å². The van der Waals surface area contributed by atoms with Gasteiger partial charge in [0.25, 0.3) is 5.91 Å². The Morgan fingerprint density at radius 2 is 2.22 bits per heavy atom. The molecule has 18 heavy (non-hydrogen) atoms. The SMILES string of the molecule is CCCC(Oc1ccc2ccncc2c1)C(N)=O. The highest BCUT2D eigenvalue weighted by Crippen LogP contribution is 2.21. The van der Waals surface area contributed by atoms with Gasteiger partial charge in [-0.15, -0.1) is 0 Å². The molecule has 1 atom stereocenters. The molecule has 94 valence electrons. The van der Waals surface area contributed by atoms with Gasteiger partial charge in [-0.3, -0.25) is 9.78 Å². The molecule has 1 aromatic heterocycles. The Hall–Kier alpha value is -2.10. The second-order valence-electron chi connectivity index (χ2n) is 4.18. The summed E-state index contributed by atoms with van der Waals surface area (Å²) < 4.78 is 5.62. The monoisotopic (exact) mass is 244 g/mol. The molecular formula is C14H16N2O2. The van der Waals surface area contributed by atoms with Crippen LogP contribution in [0.5, 0.6) is 5.75 Å².